The zero-order chi connectivity index (χ0) is 16.2. The van der Waals surface area contributed by atoms with Gasteiger partial charge in [0.1, 0.15) is 29.0 Å². The van der Waals surface area contributed by atoms with Gasteiger partial charge in [0, 0.05) is 25.2 Å². The van der Waals surface area contributed by atoms with Gasteiger partial charge in [-0.15, -0.1) is 0 Å². The van der Waals surface area contributed by atoms with Gasteiger partial charge >= 0.3 is 0 Å². The second-order valence-electron chi connectivity index (χ2n) is 5.54. The second kappa shape index (κ2) is 6.73. The zero-order valence-corrected chi connectivity index (χ0v) is 13.8. The van der Waals surface area contributed by atoms with Crippen LogP contribution in [-0.2, 0) is 0 Å². The number of methoxy groups -OCH3 is 2. The lowest BCUT2D eigenvalue weighted by atomic mass is 10.2. The molecule has 0 amide bonds. The van der Waals surface area contributed by atoms with E-state index in [0.717, 1.165) is 42.0 Å². The normalized spacial score (nSPS) is 14.0. The number of nitrogens with one attached hydrogen (secondary N) is 1. The lowest BCUT2D eigenvalue weighted by Gasteiger charge is -2.18. The third kappa shape index (κ3) is 3.47. The molecule has 1 aromatic carbocycles. The summed E-state index contributed by atoms with van der Waals surface area (Å²) in [6.07, 6.45) is 2.44. The highest BCUT2D eigenvalue weighted by atomic mass is 16.5. The fourth-order valence-electron chi connectivity index (χ4n) is 2.76. The highest BCUT2D eigenvalue weighted by Crippen LogP contribution is 2.31. The van der Waals surface area contributed by atoms with Gasteiger partial charge in [0.15, 0.2) is 0 Å². The van der Waals surface area contributed by atoms with Crippen LogP contribution in [0.3, 0.4) is 0 Å². The average molecular weight is 314 g/mol. The quantitative estimate of drug-likeness (QED) is 0.915. The van der Waals surface area contributed by atoms with Gasteiger partial charge in [-0.25, -0.2) is 9.97 Å². The maximum absolute atomic E-state index is 5.42. The second-order valence-corrected chi connectivity index (χ2v) is 5.54. The van der Waals surface area contributed by atoms with Crippen molar-refractivity contribution < 1.29 is 9.47 Å². The van der Waals surface area contributed by atoms with Crippen LogP contribution >= 0.6 is 0 Å². The number of ether oxygens (including phenoxy) is 2. The maximum atomic E-state index is 5.42. The first-order valence-electron chi connectivity index (χ1n) is 7.79. The summed E-state index contributed by atoms with van der Waals surface area (Å²) in [5.74, 6) is 3.96. The van der Waals surface area contributed by atoms with Gasteiger partial charge < -0.3 is 19.7 Å². The minimum atomic E-state index is 0.711. The Morgan fingerprint density at radius 1 is 1.04 bits per heavy atom. The third-order valence-corrected chi connectivity index (χ3v) is 3.93. The number of anilines is 3. The molecule has 0 spiro atoms. The molecule has 1 aromatic heterocycles. The molecular formula is C17H22N4O2. The van der Waals surface area contributed by atoms with Gasteiger partial charge in [0.2, 0.25) is 0 Å². The van der Waals surface area contributed by atoms with Crippen molar-refractivity contribution in [3.05, 3.63) is 30.1 Å². The average Bonchev–Trinajstić information content (AvgIpc) is 3.09. The predicted octanol–water partition coefficient (Wildman–Crippen LogP) is 3.15. The molecule has 3 rings (SSSR count). The van der Waals surface area contributed by atoms with Crippen LogP contribution in [-0.4, -0.2) is 37.3 Å². The van der Waals surface area contributed by atoms with Crippen molar-refractivity contribution >= 4 is 17.3 Å². The lowest BCUT2D eigenvalue weighted by Crippen LogP contribution is -2.19. The summed E-state index contributed by atoms with van der Waals surface area (Å²) in [5.41, 5.74) is 0.846. The summed E-state index contributed by atoms with van der Waals surface area (Å²) >= 11 is 0. The van der Waals surface area contributed by atoms with Gasteiger partial charge in [-0.05, 0) is 31.9 Å². The van der Waals surface area contributed by atoms with Crippen molar-refractivity contribution in [1.29, 1.82) is 0 Å². The van der Waals surface area contributed by atoms with Gasteiger partial charge in [0.25, 0.3) is 0 Å². The zero-order valence-electron chi connectivity index (χ0n) is 13.8. The van der Waals surface area contributed by atoms with E-state index < -0.39 is 0 Å². The van der Waals surface area contributed by atoms with E-state index in [1.165, 1.54) is 12.8 Å². The maximum Gasteiger partial charge on any atom is 0.146 e. The molecular weight excluding hydrogens is 292 g/mol. The van der Waals surface area contributed by atoms with Crippen LogP contribution in [0, 0.1) is 6.92 Å². The minimum absolute atomic E-state index is 0.711. The molecule has 23 heavy (non-hydrogen) atoms. The topological polar surface area (TPSA) is 59.5 Å². The Balaban J connectivity index is 1.87. The molecule has 0 unspecified atom stereocenters. The molecule has 1 fully saturated rings. The Kier molecular flexibility index (Phi) is 4.50. The van der Waals surface area contributed by atoms with Crippen LogP contribution in [0.2, 0.25) is 0 Å². The van der Waals surface area contributed by atoms with Gasteiger partial charge in [-0.3, -0.25) is 0 Å². The number of rotatable bonds is 5. The van der Waals surface area contributed by atoms with E-state index in [-0.39, 0.29) is 0 Å². The molecule has 0 radical (unpaired) electrons. The first-order chi connectivity index (χ1) is 11.2. The van der Waals surface area contributed by atoms with Gasteiger partial charge in [-0.2, -0.15) is 0 Å². The van der Waals surface area contributed by atoms with Crippen LogP contribution < -0.4 is 19.7 Å². The van der Waals surface area contributed by atoms with Crippen molar-refractivity contribution in [2.45, 2.75) is 19.8 Å². The summed E-state index contributed by atoms with van der Waals surface area (Å²) in [7, 11) is 3.28. The van der Waals surface area contributed by atoms with Crippen molar-refractivity contribution in [2.75, 3.05) is 37.5 Å². The highest BCUT2D eigenvalue weighted by Gasteiger charge is 2.15. The third-order valence-electron chi connectivity index (χ3n) is 3.93. The number of aryl methyl sites for hydroxylation is 1. The van der Waals surface area contributed by atoms with Crippen molar-refractivity contribution in [1.82, 2.24) is 9.97 Å². The van der Waals surface area contributed by atoms with E-state index in [2.05, 4.69) is 20.2 Å². The molecule has 122 valence electrons. The van der Waals surface area contributed by atoms with E-state index in [1.54, 1.807) is 14.2 Å². The number of aromatic nitrogens is 2. The van der Waals surface area contributed by atoms with Gasteiger partial charge in [-0.1, -0.05) is 0 Å². The SMILES string of the molecule is COc1ccc(Nc2cc(N3CCCC3)nc(C)n2)c(OC)c1. The van der Waals surface area contributed by atoms with Crippen LogP contribution in [0.1, 0.15) is 18.7 Å². The van der Waals surface area contributed by atoms with E-state index in [0.29, 0.717) is 5.75 Å². The molecule has 2 aromatic rings. The summed E-state index contributed by atoms with van der Waals surface area (Å²) < 4.78 is 10.7. The van der Waals surface area contributed by atoms with E-state index in [4.69, 9.17) is 9.47 Å². The van der Waals surface area contributed by atoms with E-state index in [1.807, 2.05) is 31.2 Å². The number of benzene rings is 1. The predicted molar refractivity (Wildman–Crippen MR) is 91.0 cm³/mol. The first-order valence-corrected chi connectivity index (χ1v) is 7.79. The molecule has 6 heteroatoms. The number of nitrogens with zero attached hydrogens (tertiary/aromatic N) is 3. The lowest BCUT2D eigenvalue weighted by molar-refractivity contribution is 0.395. The van der Waals surface area contributed by atoms with Crippen molar-refractivity contribution in [2.24, 2.45) is 0 Å². The first kappa shape index (κ1) is 15.4. The van der Waals surface area contributed by atoms with Crippen LogP contribution in [0.15, 0.2) is 24.3 Å². The summed E-state index contributed by atoms with van der Waals surface area (Å²) in [4.78, 5) is 11.3. The smallest absolute Gasteiger partial charge is 0.146 e. The van der Waals surface area contributed by atoms with E-state index in [9.17, 15) is 0 Å². The van der Waals surface area contributed by atoms with E-state index >= 15 is 0 Å². The largest absolute Gasteiger partial charge is 0.497 e. The Bertz CT molecular complexity index is 684. The monoisotopic (exact) mass is 314 g/mol. The standard InChI is InChI=1S/C17H22N4O2/c1-12-18-16(11-17(19-12)21-8-4-5-9-21)20-14-7-6-13(22-2)10-15(14)23-3/h6-7,10-11H,4-5,8-9H2,1-3H3,(H,18,19,20). The highest BCUT2D eigenvalue weighted by molar-refractivity contribution is 5.67. The summed E-state index contributed by atoms with van der Waals surface area (Å²) in [6, 6.07) is 7.64. The summed E-state index contributed by atoms with van der Waals surface area (Å²) in [6.45, 7) is 4.03. The molecule has 0 bridgehead atoms. The van der Waals surface area contributed by atoms with Crippen LogP contribution in [0.5, 0.6) is 11.5 Å². The molecule has 6 nitrogen and oxygen atoms in total. The number of hydrogen-bond donors (Lipinski definition) is 1. The molecule has 0 aliphatic carbocycles. The Hall–Kier alpha value is -2.50. The van der Waals surface area contributed by atoms with Gasteiger partial charge in [0.05, 0.1) is 19.9 Å². The minimum Gasteiger partial charge on any atom is -0.497 e. The summed E-state index contributed by atoms with van der Waals surface area (Å²) in [5, 5.41) is 3.32. The fraction of sp³-hybridized carbons (Fsp3) is 0.412. The van der Waals surface area contributed by atoms with Crippen LogP contribution in [0.4, 0.5) is 17.3 Å². The Labute approximate surface area is 136 Å². The number of hydrogen-bond acceptors (Lipinski definition) is 6. The molecule has 1 aliphatic heterocycles. The van der Waals surface area contributed by atoms with Crippen molar-refractivity contribution in [3.8, 4) is 11.5 Å². The van der Waals surface area contributed by atoms with Crippen molar-refractivity contribution in [3.63, 3.8) is 0 Å². The molecule has 1 aliphatic rings. The fourth-order valence-corrected chi connectivity index (χ4v) is 2.76. The molecule has 0 saturated carbocycles. The Morgan fingerprint density at radius 3 is 2.52 bits per heavy atom. The molecule has 0 atom stereocenters. The molecule has 1 N–H and O–H groups in total. The molecule has 1 saturated heterocycles. The van der Waals surface area contributed by atoms with Crippen LogP contribution in [0.25, 0.3) is 0 Å². The molecule has 2 heterocycles. The Morgan fingerprint density at radius 2 is 1.83 bits per heavy atom.